The van der Waals surface area contributed by atoms with Crippen LogP contribution in [0, 0.1) is 5.92 Å². The Morgan fingerprint density at radius 2 is 1.14 bits per heavy atom. The molecule has 0 aliphatic heterocycles. The fourth-order valence-corrected chi connectivity index (χ4v) is 8.16. The van der Waals surface area contributed by atoms with E-state index < -0.39 is 158 Å². The number of carbonyl (C=O) groups is 12. The molecular formula is C51H72N12O16S. The van der Waals surface area contributed by atoms with Gasteiger partial charge in [-0.3, -0.25) is 52.7 Å². The number of phenolic OH excluding ortho intramolecular Hbond substituents is 1. The maximum atomic E-state index is 14.6. The number of hydrogen-bond acceptors (Lipinski definition) is 16. The summed E-state index contributed by atoms with van der Waals surface area (Å²) < 4.78 is 0. The zero-order valence-electron chi connectivity index (χ0n) is 44.2. The molecule has 0 aliphatic carbocycles. The van der Waals surface area contributed by atoms with Gasteiger partial charge in [-0.15, -0.1) is 0 Å². The summed E-state index contributed by atoms with van der Waals surface area (Å²) in [5.74, 6) is -13.9. The van der Waals surface area contributed by atoms with E-state index in [4.69, 9.17) is 17.2 Å². The minimum Gasteiger partial charge on any atom is -0.508 e. The van der Waals surface area contributed by atoms with Gasteiger partial charge in [-0.1, -0.05) is 44.2 Å². The molecule has 0 saturated heterocycles. The predicted molar refractivity (Wildman–Crippen MR) is 290 cm³/mol. The third kappa shape index (κ3) is 23.0. The second-order valence-electron chi connectivity index (χ2n) is 19.2. The van der Waals surface area contributed by atoms with Crippen molar-refractivity contribution < 1.29 is 78.0 Å². The number of nitrogens with two attached hydrogens (primary N) is 3. The Labute approximate surface area is 465 Å². The number of benzene rings is 2. The van der Waals surface area contributed by atoms with Crippen LogP contribution in [0.4, 0.5) is 0 Å². The largest absolute Gasteiger partial charge is 0.508 e. The van der Waals surface area contributed by atoms with E-state index in [0.717, 1.165) is 0 Å². The van der Waals surface area contributed by atoms with Gasteiger partial charge in [0, 0.05) is 48.5 Å². The van der Waals surface area contributed by atoms with Crippen LogP contribution in [-0.4, -0.2) is 164 Å². The van der Waals surface area contributed by atoms with Crippen LogP contribution >= 0.6 is 12.6 Å². The molecule has 0 saturated carbocycles. The number of aromatic nitrogens is 1. The lowest BCUT2D eigenvalue weighted by atomic mass is 9.99. The fraction of sp³-hybridized carbons (Fsp3) is 0.490. The number of aromatic hydroxyl groups is 1. The maximum Gasteiger partial charge on any atom is 0.326 e. The number of primary amides is 1. The number of aromatic amines is 1. The maximum absolute atomic E-state index is 14.6. The summed E-state index contributed by atoms with van der Waals surface area (Å²) in [5.41, 5.74) is 18.5. The quantitative estimate of drug-likeness (QED) is 0.0208. The molecule has 0 aliphatic rings. The number of hydrogen-bond donors (Lipinski definition) is 17. The number of amides is 9. The number of H-pyrrole nitrogens is 1. The monoisotopic (exact) mass is 1140 g/mol. The molecular weight excluding hydrogens is 1070 g/mol. The van der Waals surface area contributed by atoms with E-state index in [2.05, 4.69) is 60.1 Å². The number of carboxylic acid groups (broad SMARTS) is 3. The zero-order chi connectivity index (χ0) is 59.6. The van der Waals surface area contributed by atoms with E-state index >= 15 is 0 Å². The summed E-state index contributed by atoms with van der Waals surface area (Å²) in [4.78, 5) is 161. The van der Waals surface area contributed by atoms with Crippen LogP contribution in [0.5, 0.6) is 5.75 Å². The summed E-state index contributed by atoms with van der Waals surface area (Å²) in [6.07, 6.45) is -1.48. The summed E-state index contributed by atoms with van der Waals surface area (Å²) in [5, 5.41) is 58.2. The molecule has 0 spiro atoms. The smallest absolute Gasteiger partial charge is 0.326 e. The van der Waals surface area contributed by atoms with Crippen LogP contribution < -0.4 is 59.7 Å². The van der Waals surface area contributed by atoms with Gasteiger partial charge in [0.05, 0.1) is 19.0 Å². The molecule has 438 valence electrons. The third-order valence-corrected chi connectivity index (χ3v) is 12.6. The standard InChI is InChI=1S/C51H72N12O16S/c1-26(2)19-36(61-46(73)33(9-5-6-18-52)58-44(71)31(53)25-80)49(76)62-37(21-28-23-55-32-8-4-3-7-30(28)32)50(77)60-34(14-16-40(54)65)47(74)59-35(15-17-42(67)68)48(75)63-38(22-43(69)70)45(72)56-24-41(66)57-39(51(78)79)20-27-10-12-29(64)13-11-27/h3-4,7-8,10-13,23,26,31,33-39,55,64,80H,5-6,9,14-22,24-25,52-53H2,1-2H3,(H2,54,65)(H,56,72)(H,57,66)(H,58,71)(H,59,74)(H,60,77)(H,61,73)(H,62,76)(H,63,75)(H,67,68)(H,69,70)(H,78,79)/t31-,33-,34-,35-,36-,37-,38-,39-/m0/s1. The lowest BCUT2D eigenvalue weighted by Gasteiger charge is -2.28. The van der Waals surface area contributed by atoms with Crippen LogP contribution in [0.3, 0.4) is 0 Å². The van der Waals surface area contributed by atoms with Gasteiger partial charge in [0.1, 0.15) is 48.0 Å². The number of phenols is 1. The van der Waals surface area contributed by atoms with Crippen molar-refractivity contribution in [1.29, 1.82) is 0 Å². The minimum atomic E-state index is -1.98. The molecule has 1 heterocycles. The molecule has 3 aromatic rings. The Kier molecular flexibility index (Phi) is 27.4. The number of unbranched alkanes of at least 4 members (excludes halogenated alkanes) is 1. The Morgan fingerprint density at radius 3 is 1.70 bits per heavy atom. The van der Waals surface area contributed by atoms with Gasteiger partial charge in [0.25, 0.3) is 0 Å². The van der Waals surface area contributed by atoms with Crippen molar-refractivity contribution in [3.8, 4) is 5.75 Å². The highest BCUT2D eigenvalue weighted by Gasteiger charge is 2.35. The van der Waals surface area contributed by atoms with Crippen molar-refractivity contribution in [2.75, 3.05) is 18.8 Å². The molecule has 9 amide bonds. The molecule has 2 aromatic carbocycles. The summed E-state index contributed by atoms with van der Waals surface area (Å²) in [6.45, 7) is 2.93. The van der Waals surface area contributed by atoms with E-state index in [1.165, 1.54) is 24.3 Å². The van der Waals surface area contributed by atoms with Crippen molar-refractivity contribution in [2.24, 2.45) is 23.1 Å². The zero-order valence-corrected chi connectivity index (χ0v) is 45.1. The normalized spacial score (nSPS) is 14.1. The fourth-order valence-electron chi connectivity index (χ4n) is 8.00. The van der Waals surface area contributed by atoms with Crippen molar-refractivity contribution in [2.45, 2.75) is 133 Å². The van der Waals surface area contributed by atoms with Crippen molar-refractivity contribution in [3.63, 3.8) is 0 Å². The number of aliphatic carboxylic acids is 3. The molecule has 19 N–H and O–H groups in total. The minimum absolute atomic E-state index is 0.0285. The van der Waals surface area contributed by atoms with E-state index in [0.29, 0.717) is 41.4 Å². The van der Waals surface area contributed by atoms with Gasteiger partial charge >= 0.3 is 17.9 Å². The number of thiol groups is 1. The summed E-state index contributed by atoms with van der Waals surface area (Å²) >= 11 is 4.06. The Bertz CT molecular complexity index is 2670. The highest BCUT2D eigenvalue weighted by Crippen LogP contribution is 2.20. The second kappa shape index (κ2) is 33.2. The molecule has 80 heavy (non-hydrogen) atoms. The number of carbonyl (C=O) groups excluding carboxylic acids is 9. The molecule has 0 radical (unpaired) electrons. The van der Waals surface area contributed by atoms with Crippen LogP contribution in [0.15, 0.2) is 54.7 Å². The SMILES string of the molecule is CC(C)C[C@H](NC(=O)[C@H](CCCCN)NC(=O)[C@@H](N)CS)C(=O)N[C@@H](Cc1c[nH]c2ccccc12)C(=O)N[C@@H](CCC(N)=O)C(=O)N[C@@H](CCC(=O)O)C(=O)N[C@@H](CC(=O)O)C(=O)NCC(=O)N[C@@H](Cc1ccc(O)cc1)C(=O)O. The molecule has 0 bridgehead atoms. The predicted octanol–water partition coefficient (Wildman–Crippen LogP) is -2.71. The van der Waals surface area contributed by atoms with Crippen molar-refractivity contribution >= 4 is 94.6 Å². The Hall–Kier alpha value is -8.31. The molecule has 28 nitrogen and oxygen atoms in total. The second-order valence-corrected chi connectivity index (χ2v) is 19.6. The highest BCUT2D eigenvalue weighted by atomic mass is 32.1. The molecule has 0 unspecified atom stereocenters. The molecule has 3 rings (SSSR count). The van der Waals surface area contributed by atoms with Gasteiger partial charge in [-0.25, -0.2) is 4.79 Å². The van der Waals surface area contributed by atoms with Gasteiger partial charge in [-0.2, -0.15) is 12.6 Å². The third-order valence-electron chi connectivity index (χ3n) is 12.2. The lowest BCUT2D eigenvalue weighted by Crippen LogP contribution is -2.60. The van der Waals surface area contributed by atoms with Crippen molar-refractivity contribution in [1.82, 2.24) is 47.5 Å². The highest BCUT2D eigenvalue weighted by molar-refractivity contribution is 7.80. The Balaban J connectivity index is 1.93. The number of para-hydroxylation sites is 1. The van der Waals surface area contributed by atoms with E-state index in [1.807, 2.05) is 0 Å². The number of fused-ring (bicyclic) bond motifs is 1. The van der Waals surface area contributed by atoms with Gasteiger partial charge in [-0.05, 0) is 80.3 Å². The van der Waals surface area contributed by atoms with Gasteiger partial charge in [0.15, 0.2) is 0 Å². The van der Waals surface area contributed by atoms with Gasteiger partial charge < -0.3 is 85.1 Å². The lowest BCUT2D eigenvalue weighted by molar-refractivity contribution is -0.142. The molecule has 8 atom stereocenters. The first kappa shape index (κ1) is 66.0. The molecule has 1 aromatic heterocycles. The first-order valence-electron chi connectivity index (χ1n) is 25.6. The number of nitrogens with one attached hydrogen (secondary N) is 9. The first-order chi connectivity index (χ1) is 37.8. The topological polar surface area (TPSA) is 476 Å². The first-order valence-corrected chi connectivity index (χ1v) is 26.2. The van der Waals surface area contributed by atoms with E-state index in [1.54, 1.807) is 44.3 Å². The van der Waals surface area contributed by atoms with Gasteiger partial charge in [0.2, 0.25) is 53.2 Å². The Morgan fingerprint density at radius 1 is 0.600 bits per heavy atom. The van der Waals surface area contributed by atoms with E-state index in [9.17, 15) is 78.0 Å². The average molecular weight is 1140 g/mol. The molecule has 0 fully saturated rings. The van der Waals surface area contributed by atoms with E-state index in [-0.39, 0.29) is 43.1 Å². The van der Waals surface area contributed by atoms with Crippen LogP contribution in [0.2, 0.25) is 0 Å². The van der Waals surface area contributed by atoms with Crippen LogP contribution in [0.1, 0.15) is 82.8 Å². The van der Waals surface area contributed by atoms with Crippen LogP contribution in [0.25, 0.3) is 10.9 Å². The summed E-state index contributed by atoms with van der Waals surface area (Å²) in [7, 11) is 0. The average Bonchev–Trinajstić information content (AvgIpc) is 3.86. The number of rotatable bonds is 36. The van der Waals surface area contributed by atoms with Crippen molar-refractivity contribution in [3.05, 3.63) is 65.9 Å². The number of carboxylic acids is 3. The molecule has 29 heteroatoms. The van der Waals surface area contributed by atoms with Crippen LogP contribution in [-0.2, 0) is 70.4 Å². The summed E-state index contributed by atoms with van der Waals surface area (Å²) in [6, 6.07) is 0.202.